The number of hydrogen-bond acceptors (Lipinski definition) is 5. The average molecular weight is 337 g/mol. The molecule has 1 aromatic heterocycles. The van der Waals surface area contributed by atoms with Gasteiger partial charge in [-0.15, -0.1) is 0 Å². The fraction of sp³-hybridized carbons (Fsp3) is 0.200. The van der Waals surface area contributed by atoms with Crippen LogP contribution in [0.3, 0.4) is 0 Å². The molecule has 0 radical (unpaired) electrons. The van der Waals surface area contributed by atoms with Crippen LogP contribution in [0.4, 0.5) is 0 Å². The summed E-state index contributed by atoms with van der Waals surface area (Å²) in [5.41, 5.74) is 0.953. The minimum atomic E-state index is -0.355. The summed E-state index contributed by atoms with van der Waals surface area (Å²) in [6.07, 6.45) is 2.22. The minimum absolute atomic E-state index is 0.176. The van der Waals surface area contributed by atoms with E-state index in [4.69, 9.17) is 13.9 Å². The van der Waals surface area contributed by atoms with Crippen LogP contribution in [0.5, 0.6) is 11.5 Å². The Morgan fingerprint density at radius 3 is 2.52 bits per heavy atom. The molecule has 0 spiro atoms. The number of nitrogens with zero attached hydrogens (tertiary/aromatic N) is 1. The quantitative estimate of drug-likeness (QED) is 0.476. The van der Waals surface area contributed by atoms with Crippen LogP contribution in [0, 0.1) is 0 Å². The zero-order chi connectivity index (χ0) is 17.5. The van der Waals surface area contributed by atoms with Crippen LogP contribution in [-0.4, -0.2) is 17.6 Å². The summed E-state index contributed by atoms with van der Waals surface area (Å²) in [5, 5.41) is 0. The molecule has 3 rings (SSSR count). The highest BCUT2D eigenvalue weighted by Crippen LogP contribution is 2.27. The van der Waals surface area contributed by atoms with Crippen LogP contribution in [0.2, 0.25) is 0 Å². The maximum Gasteiger partial charge on any atom is 0.311 e. The highest BCUT2D eigenvalue weighted by atomic mass is 16.6. The number of para-hydroxylation sites is 2. The average Bonchev–Trinajstić information content (AvgIpc) is 3.12. The van der Waals surface area contributed by atoms with Gasteiger partial charge < -0.3 is 13.9 Å². The molecule has 1 heterocycles. The van der Waals surface area contributed by atoms with Gasteiger partial charge in [-0.2, -0.15) is 0 Å². The lowest BCUT2D eigenvalue weighted by Crippen LogP contribution is -2.10. The zero-order valence-corrected chi connectivity index (χ0v) is 14.0. The van der Waals surface area contributed by atoms with E-state index >= 15 is 0 Å². The van der Waals surface area contributed by atoms with Gasteiger partial charge in [0.1, 0.15) is 0 Å². The number of aromatic nitrogens is 1. The summed E-state index contributed by atoms with van der Waals surface area (Å²) in [6.45, 7) is 2.39. The van der Waals surface area contributed by atoms with Crippen molar-refractivity contribution in [2.24, 2.45) is 0 Å². The first-order valence-electron chi connectivity index (χ1n) is 8.19. The number of hydrogen-bond donors (Lipinski definition) is 0. The Hall–Kier alpha value is -3.08. The summed E-state index contributed by atoms with van der Waals surface area (Å²) in [7, 11) is 0. The van der Waals surface area contributed by atoms with E-state index in [1.54, 1.807) is 24.4 Å². The molecular weight excluding hydrogens is 318 g/mol. The Kier molecular flexibility index (Phi) is 5.46. The van der Waals surface area contributed by atoms with Crippen molar-refractivity contribution in [2.45, 2.75) is 19.8 Å². The van der Waals surface area contributed by atoms with Crippen LogP contribution in [-0.2, 0) is 11.2 Å². The summed E-state index contributed by atoms with van der Waals surface area (Å²) in [4.78, 5) is 16.3. The smallest absolute Gasteiger partial charge is 0.311 e. The van der Waals surface area contributed by atoms with Gasteiger partial charge in [0, 0.05) is 12.0 Å². The molecule has 0 saturated carbocycles. The van der Waals surface area contributed by atoms with Crippen molar-refractivity contribution in [3.8, 4) is 22.8 Å². The van der Waals surface area contributed by atoms with Crippen molar-refractivity contribution in [3.05, 3.63) is 66.7 Å². The molecule has 0 aliphatic carbocycles. The number of ether oxygens (including phenoxy) is 2. The van der Waals surface area contributed by atoms with Crippen LogP contribution in [0.15, 0.2) is 65.2 Å². The molecule has 0 atom stereocenters. The second-order valence-corrected chi connectivity index (χ2v) is 5.34. The van der Waals surface area contributed by atoms with Gasteiger partial charge >= 0.3 is 5.97 Å². The second-order valence-electron chi connectivity index (χ2n) is 5.34. The summed E-state index contributed by atoms with van der Waals surface area (Å²) in [5.74, 6) is 1.82. The van der Waals surface area contributed by atoms with Gasteiger partial charge in [0.25, 0.3) is 0 Å². The topological polar surface area (TPSA) is 61.6 Å². The lowest BCUT2D eigenvalue weighted by Gasteiger charge is -2.09. The lowest BCUT2D eigenvalue weighted by molar-refractivity contribution is -0.134. The number of carbonyl (C=O) groups excluding carboxylic acids is 1. The molecule has 25 heavy (non-hydrogen) atoms. The van der Waals surface area contributed by atoms with Crippen molar-refractivity contribution in [3.63, 3.8) is 0 Å². The van der Waals surface area contributed by atoms with Gasteiger partial charge in [0.15, 0.2) is 23.1 Å². The summed E-state index contributed by atoms with van der Waals surface area (Å²) < 4.78 is 16.5. The van der Waals surface area contributed by atoms with E-state index in [1.807, 2.05) is 43.3 Å². The monoisotopic (exact) mass is 337 g/mol. The zero-order valence-electron chi connectivity index (χ0n) is 14.0. The molecule has 0 aliphatic rings. The fourth-order valence-electron chi connectivity index (χ4n) is 2.35. The standard InChI is InChI=1S/C20H19NO4/c1-2-23-16-10-6-7-11-17(16)25-20(22)13-12-19-21-14-18(24-19)15-8-4-3-5-9-15/h3-11,14H,2,12-13H2,1H3. The van der Waals surface area contributed by atoms with Gasteiger partial charge in [0.05, 0.1) is 19.2 Å². The SMILES string of the molecule is CCOc1ccccc1OC(=O)CCc1ncc(-c2ccccc2)o1. The normalized spacial score (nSPS) is 10.4. The minimum Gasteiger partial charge on any atom is -0.490 e. The molecule has 128 valence electrons. The number of rotatable bonds is 7. The molecular formula is C20H19NO4. The predicted octanol–water partition coefficient (Wildman–Crippen LogP) is 4.28. The van der Waals surface area contributed by atoms with Gasteiger partial charge in [0.2, 0.25) is 0 Å². The van der Waals surface area contributed by atoms with E-state index in [-0.39, 0.29) is 12.4 Å². The summed E-state index contributed by atoms with van der Waals surface area (Å²) in [6, 6.07) is 16.8. The van der Waals surface area contributed by atoms with Crippen molar-refractivity contribution in [1.82, 2.24) is 4.98 Å². The van der Waals surface area contributed by atoms with Crippen molar-refractivity contribution in [1.29, 1.82) is 0 Å². The maximum atomic E-state index is 12.1. The van der Waals surface area contributed by atoms with Gasteiger partial charge in [-0.1, -0.05) is 42.5 Å². The molecule has 0 unspecified atom stereocenters. The lowest BCUT2D eigenvalue weighted by atomic mass is 10.2. The van der Waals surface area contributed by atoms with Crippen LogP contribution in [0.1, 0.15) is 19.2 Å². The molecule has 2 aromatic carbocycles. The number of oxazole rings is 1. The second kappa shape index (κ2) is 8.15. The van der Waals surface area contributed by atoms with E-state index < -0.39 is 0 Å². The van der Waals surface area contributed by atoms with Crippen molar-refractivity contribution >= 4 is 5.97 Å². The number of carbonyl (C=O) groups is 1. The molecule has 3 aromatic rings. The molecule has 0 fully saturated rings. The molecule has 0 amide bonds. The van der Waals surface area contributed by atoms with E-state index in [0.29, 0.717) is 36.2 Å². The van der Waals surface area contributed by atoms with Crippen LogP contribution < -0.4 is 9.47 Å². The van der Waals surface area contributed by atoms with Crippen molar-refractivity contribution in [2.75, 3.05) is 6.61 Å². The molecule has 0 N–H and O–H groups in total. The highest BCUT2D eigenvalue weighted by Gasteiger charge is 2.12. The van der Waals surface area contributed by atoms with Gasteiger partial charge in [-0.05, 0) is 19.1 Å². The Balaban J connectivity index is 1.57. The van der Waals surface area contributed by atoms with E-state index in [9.17, 15) is 4.79 Å². The molecule has 5 heteroatoms. The molecule has 0 aliphatic heterocycles. The first-order chi connectivity index (χ1) is 12.3. The fourth-order valence-corrected chi connectivity index (χ4v) is 2.35. The largest absolute Gasteiger partial charge is 0.490 e. The number of benzene rings is 2. The van der Waals surface area contributed by atoms with E-state index in [1.165, 1.54) is 0 Å². The molecule has 0 bridgehead atoms. The Morgan fingerprint density at radius 2 is 1.76 bits per heavy atom. The molecule has 5 nitrogen and oxygen atoms in total. The summed E-state index contributed by atoms with van der Waals surface area (Å²) >= 11 is 0. The Labute approximate surface area is 146 Å². The van der Waals surface area contributed by atoms with Gasteiger partial charge in [-0.3, -0.25) is 4.79 Å². The van der Waals surface area contributed by atoms with E-state index in [0.717, 1.165) is 5.56 Å². The van der Waals surface area contributed by atoms with Crippen LogP contribution >= 0.6 is 0 Å². The predicted molar refractivity (Wildman–Crippen MR) is 93.5 cm³/mol. The first kappa shape index (κ1) is 16.8. The third kappa shape index (κ3) is 4.47. The van der Waals surface area contributed by atoms with Crippen LogP contribution in [0.25, 0.3) is 11.3 Å². The first-order valence-corrected chi connectivity index (χ1v) is 8.19. The third-order valence-electron chi connectivity index (χ3n) is 3.53. The van der Waals surface area contributed by atoms with Gasteiger partial charge in [-0.25, -0.2) is 4.98 Å². The Morgan fingerprint density at radius 1 is 1.04 bits per heavy atom. The third-order valence-corrected chi connectivity index (χ3v) is 3.53. The number of esters is 1. The highest BCUT2D eigenvalue weighted by molar-refractivity contribution is 5.73. The molecule has 0 saturated heterocycles. The maximum absolute atomic E-state index is 12.1. The Bertz CT molecular complexity index is 826. The van der Waals surface area contributed by atoms with Crippen molar-refractivity contribution < 1.29 is 18.7 Å². The number of aryl methyl sites for hydroxylation is 1. The van der Waals surface area contributed by atoms with E-state index in [2.05, 4.69) is 4.98 Å².